The molecule has 1 amide bonds. The van der Waals surface area contributed by atoms with Crippen LogP contribution in [0.2, 0.25) is 0 Å². The van der Waals surface area contributed by atoms with Gasteiger partial charge >= 0.3 is 0 Å². The van der Waals surface area contributed by atoms with Crippen LogP contribution in [0.25, 0.3) is 0 Å². The van der Waals surface area contributed by atoms with Crippen LogP contribution in [-0.2, 0) is 14.8 Å². The van der Waals surface area contributed by atoms with E-state index in [4.69, 9.17) is 5.26 Å². The first-order valence-corrected chi connectivity index (χ1v) is 8.39. The Labute approximate surface area is 133 Å². The molecule has 0 radical (unpaired) electrons. The summed E-state index contributed by atoms with van der Waals surface area (Å²) in [4.78, 5) is 14.0. The Morgan fingerprint density at radius 2 is 2.04 bits per heavy atom. The average Bonchev–Trinajstić information content (AvgIpc) is 2.54. The van der Waals surface area contributed by atoms with Crippen molar-refractivity contribution in [3.63, 3.8) is 0 Å². The number of carbonyl (C=O) groups excluding carboxylic acids is 1. The molecule has 0 aliphatic carbocycles. The van der Waals surface area contributed by atoms with Gasteiger partial charge in [-0.2, -0.15) is 5.26 Å². The number of nitrogens with one attached hydrogen (secondary N) is 1. The van der Waals surface area contributed by atoms with Crippen molar-refractivity contribution in [2.24, 2.45) is 4.40 Å². The molecule has 0 atom stereocenters. The van der Waals surface area contributed by atoms with Gasteiger partial charge in [-0.15, -0.1) is 4.40 Å². The minimum atomic E-state index is -3.55. The molecule has 3 rings (SSSR count). The summed E-state index contributed by atoms with van der Waals surface area (Å²) in [6, 6.07) is 8.37. The Morgan fingerprint density at radius 3 is 2.74 bits per heavy atom. The molecule has 116 valence electrons. The molecule has 8 heteroatoms. The van der Waals surface area contributed by atoms with Gasteiger partial charge in [-0.3, -0.25) is 4.79 Å². The maximum Gasteiger partial charge on any atom is 0.259 e. The van der Waals surface area contributed by atoms with Crippen molar-refractivity contribution in [3.8, 4) is 6.07 Å². The molecule has 7 nitrogen and oxygen atoms in total. The Morgan fingerprint density at radius 1 is 1.30 bits per heavy atom. The highest BCUT2D eigenvalue weighted by Crippen LogP contribution is 2.19. The topological polar surface area (TPSA) is 103 Å². The van der Waals surface area contributed by atoms with Gasteiger partial charge in [-0.25, -0.2) is 8.42 Å². The first kappa shape index (κ1) is 15.0. The summed E-state index contributed by atoms with van der Waals surface area (Å²) in [5.41, 5.74) is 1.17. The number of anilines is 1. The number of amides is 1. The standard InChI is InChI=1S/C15H12N4O3S/c16-10-11-3-5-12(6-4-11)17-15(20)13-2-1-7-19-8-9-23(21,22)18-14(13)19/h1-7H,8-9H2,(H,17,20). The molecule has 0 fully saturated rings. The van der Waals surface area contributed by atoms with Crippen LogP contribution >= 0.6 is 0 Å². The second-order valence-electron chi connectivity index (χ2n) is 4.96. The van der Waals surface area contributed by atoms with E-state index in [9.17, 15) is 13.2 Å². The van der Waals surface area contributed by atoms with Gasteiger partial charge in [0.1, 0.15) is 0 Å². The molecule has 2 aliphatic rings. The van der Waals surface area contributed by atoms with Crippen molar-refractivity contribution in [2.45, 2.75) is 0 Å². The SMILES string of the molecule is N#Cc1ccc(NC(=O)C2=CC=CN3CCS(=O)(=O)N=C23)cc1. The molecule has 0 unspecified atom stereocenters. The molecule has 0 saturated heterocycles. The Hall–Kier alpha value is -2.92. The van der Waals surface area contributed by atoms with Crippen molar-refractivity contribution in [2.75, 3.05) is 17.6 Å². The van der Waals surface area contributed by atoms with Gasteiger partial charge in [-0.05, 0) is 36.4 Å². The number of hydrogen-bond acceptors (Lipinski definition) is 5. The normalized spacial score (nSPS) is 18.3. The predicted octanol–water partition coefficient (Wildman–Crippen LogP) is 0.994. The van der Waals surface area contributed by atoms with Crippen molar-refractivity contribution in [1.29, 1.82) is 5.26 Å². The second kappa shape index (κ2) is 5.70. The summed E-state index contributed by atoms with van der Waals surface area (Å²) >= 11 is 0. The van der Waals surface area contributed by atoms with Crippen LogP contribution in [-0.4, -0.2) is 37.4 Å². The van der Waals surface area contributed by atoms with E-state index in [0.29, 0.717) is 11.3 Å². The fourth-order valence-electron chi connectivity index (χ4n) is 2.22. The predicted molar refractivity (Wildman–Crippen MR) is 84.9 cm³/mol. The van der Waals surface area contributed by atoms with Crippen LogP contribution in [0, 0.1) is 11.3 Å². The monoisotopic (exact) mass is 328 g/mol. The van der Waals surface area contributed by atoms with Crippen molar-refractivity contribution < 1.29 is 13.2 Å². The quantitative estimate of drug-likeness (QED) is 0.872. The highest BCUT2D eigenvalue weighted by molar-refractivity contribution is 7.90. The van der Waals surface area contributed by atoms with E-state index in [-0.39, 0.29) is 23.7 Å². The van der Waals surface area contributed by atoms with E-state index < -0.39 is 15.9 Å². The minimum absolute atomic E-state index is 0.0780. The first-order valence-electron chi connectivity index (χ1n) is 6.78. The van der Waals surface area contributed by atoms with Crippen LogP contribution in [0.4, 0.5) is 5.69 Å². The number of rotatable bonds is 2. The molecular formula is C15H12N4O3S. The van der Waals surface area contributed by atoms with Crippen LogP contribution < -0.4 is 5.32 Å². The third kappa shape index (κ3) is 3.14. The van der Waals surface area contributed by atoms with Crippen LogP contribution in [0.5, 0.6) is 0 Å². The largest absolute Gasteiger partial charge is 0.331 e. The summed E-state index contributed by atoms with van der Waals surface area (Å²) in [7, 11) is -3.55. The molecule has 1 aromatic rings. The number of amidine groups is 1. The average molecular weight is 328 g/mol. The number of sulfonamides is 1. The lowest BCUT2D eigenvalue weighted by molar-refractivity contribution is -0.112. The number of hydrogen-bond donors (Lipinski definition) is 1. The molecule has 23 heavy (non-hydrogen) atoms. The molecule has 0 spiro atoms. The van der Waals surface area contributed by atoms with E-state index in [1.165, 1.54) is 6.08 Å². The van der Waals surface area contributed by atoms with Gasteiger partial charge in [-0.1, -0.05) is 0 Å². The lowest BCUT2D eigenvalue weighted by Gasteiger charge is -2.28. The maximum absolute atomic E-state index is 12.4. The fourth-order valence-corrected chi connectivity index (χ4v) is 3.21. The fraction of sp³-hybridized carbons (Fsp3) is 0.133. The summed E-state index contributed by atoms with van der Waals surface area (Å²) in [5.74, 6) is -0.407. The molecule has 2 heterocycles. The number of allylic oxidation sites excluding steroid dienone is 2. The van der Waals surface area contributed by atoms with Gasteiger partial charge in [0.2, 0.25) is 0 Å². The molecule has 2 aliphatic heterocycles. The van der Waals surface area contributed by atoms with Crippen LogP contribution in [0.15, 0.2) is 52.6 Å². The van der Waals surface area contributed by atoms with Gasteiger partial charge in [0.05, 0.1) is 23.0 Å². The van der Waals surface area contributed by atoms with E-state index in [0.717, 1.165) is 0 Å². The van der Waals surface area contributed by atoms with Gasteiger partial charge in [0.25, 0.3) is 15.9 Å². The zero-order chi connectivity index (χ0) is 16.4. The lowest BCUT2D eigenvalue weighted by atomic mass is 10.1. The van der Waals surface area contributed by atoms with Gasteiger partial charge in [0.15, 0.2) is 5.84 Å². The molecule has 1 N–H and O–H groups in total. The summed E-state index contributed by atoms with van der Waals surface area (Å²) < 4.78 is 27.0. The van der Waals surface area contributed by atoms with Gasteiger partial charge in [0, 0.05) is 18.4 Å². The zero-order valence-electron chi connectivity index (χ0n) is 11.9. The number of benzene rings is 1. The van der Waals surface area contributed by atoms with Crippen molar-refractivity contribution in [3.05, 3.63) is 53.8 Å². The van der Waals surface area contributed by atoms with E-state index >= 15 is 0 Å². The highest BCUT2D eigenvalue weighted by atomic mass is 32.2. The molecule has 0 saturated carbocycles. The van der Waals surface area contributed by atoms with Crippen molar-refractivity contribution >= 4 is 27.5 Å². The summed E-state index contributed by atoms with van der Waals surface area (Å²) in [6.45, 7) is 0.263. The Kier molecular flexibility index (Phi) is 3.72. The smallest absolute Gasteiger partial charge is 0.259 e. The Bertz CT molecular complexity index is 890. The van der Waals surface area contributed by atoms with Crippen LogP contribution in [0.1, 0.15) is 5.56 Å². The number of nitriles is 1. The first-order chi connectivity index (χ1) is 11.0. The van der Waals surface area contributed by atoms with Crippen LogP contribution in [0.3, 0.4) is 0 Å². The van der Waals surface area contributed by atoms with E-state index in [2.05, 4.69) is 9.71 Å². The van der Waals surface area contributed by atoms with Crippen molar-refractivity contribution in [1.82, 2.24) is 4.90 Å². The third-order valence-electron chi connectivity index (χ3n) is 3.37. The number of fused-ring (bicyclic) bond motifs is 1. The number of carbonyl (C=O) groups is 1. The van der Waals surface area contributed by atoms with Gasteiger partial charge < -0.3 is 10.2 Å². The third-order valence-corrected chi connectivity index (χ3v) is 4.52. The Balaban J connectivity index is 1.86. The zero-order valence-corrected chi connectivity index (χ0v) is 12.7. The molecule has 0 bridgehead atoms. The van der Waals surface area contributed by atoms with E-state index in [1.54, 1.807) is 41.4 Å². The molecular weight excluding hydrogens is 316 g/mol. The minimum Gasteiger partial charge on any atom is -0.331 e. The van der Waals surface area contributed by atoms with E-state index in [1.807, 2.05) is 6.07 Å². The molecule has 0 aromatic heterocycles. The summed E-state index contributed by atoms with van der Waals surface area (Å²) in [5, 5.41) is 11.4. The number of nitrogens with zero attached hydrogens (tertiary/aromatic N) is 3. The highest BCUT2D eigenvalue weighted by Gasteiger charge is 2.29. The summed E-state index contributed by atoms with van der Waals surface area (Å²) in [6.07, 6.45) is 4.88. The lowest BCUT2D eigenvalue weighted by Crippen LogP contribution is -2.40. The second-order valence-corrected chi connectivity index (χ2v) is 6.71. The molecule has 1 aromatic carbocycles. The maximum atomic E-state index is 12.4.